The molecule has 0 bridgehead atoms. The third kappa shape index (κ3) is 1.79. The molecule has 1 spiro atoms. The lowest BCUT2D eigenvalue weighted by atomic mass is 9.82. The summed E-state index contributed by atoms with van der Waals surface area (Å²) in [7, 11) is 0. The second-order valence-electron chi connectivity index (χ2n) is 6.90. The average Bonchev–Trinajstić information content (AvgIpc) is 2.84. The molecule has 0 radical (unpaired) electrons. The SMILES string of the molecule is CC1(C)OC[C@H]([C@H]2O[C@@H]3OC(C)(C)O[C@@H]3[C@]23CCO3)O1. The van der Waals surface area contributed by atoms with Crippen LogP contribution in [0, 0.1) is 0 Å². The Morgan fingerprint density at radius 1 is 0.850 bits per heavy atom. The molecule has 4 aliphatic heterocycles. The van der Waals surface area contributed by atoms with Gasteiger partial charge in [0.2, 0.25) is 0 Å². The summed E-state index contributed by atoms with van der Waals surface area (Å²) in [6.07, 6.45) is -0.0278. The number of hydrogen-bond acceptors (Lipinski definition) is 6. The van der Waals surface area contributed by atoms with Gasteiger partial charge in [-0.05, 0) is 27.7 Å². The third-order valence-electron chi connectivity index (χ3n) is 4.53. The van der Waals surface area contributed by atoms with Crippen molar-refractivity contribution in [2.24, 2.45) is 0 Å². The second-order valence-corrected chi connectivity index (χ2v) is 6.90. The minimum Gasteiger partial charge on any atom is -0.369 e. The van der Waals surface area contributed by atoms with E-state index in [1.807, 2.05) is 27.7 Å². The summed E-state index contributed by atoms with van der Waals surface area (Å²) in [6, 6.07) is 0. The number of ether oxygens (including phenoxy) is 6. The lowest BCUT2D eigenvalue weighted by molar-refractivity contribution is -0.282. The summed E-state index contributed by atoms with van der Waals surface area (Å²) in [5.41, 5.74) is -0.452. The summed E-state index contributed by atoms with van der Waals surface area (Å²) in [5, 5.41) is 0. The molecule has 6 heteroatoms. The molecular formula is C14H22O6. The number of hydrogen-bond donors (Lipinski definition) is 0. The van der Waals surface area contributed by atoms with Gasteiger partial charge in [-0.3, -0.25) is 0 Å². The van der Waals surface area contributed by atoms with Gasteiger partial charge < -0.3 is 28.4 Å². The maximum atomic E-state index is 6.08. The van der Waals surface area contributed by atoms with Crippen molar-refractivity contribution in [3.8, 4) is 0 Å². The van der Waals surface area contributed by atoms with Crippen molar-refractivity contribution in [3.05, 3.63) is 0 Å². The van der Waals surface area contributed by atoms with E-state index in [0.29, 0.717) is 6.61 Å². The highest BCUT2D eigenvalue weighted by Crippen LogP contribution is 2.52. The van der Waals surface area contributed by atoms with Crippen molar-refractivity contribution in [2.45, 2.75) is 75.9 Å². The van der Waals surface area contributed by atoms with Gasteiger partial charge in [-0.2, -0.15) is 0 Å². The van der Waals surface area contributed by atoms with Crippen LogP contribution in [0.3, 0.4) is 0 Å². The fraction of sp³-hybridized carbons (Fsp3) is 1.00. The van der Waals surface area contributed by atoms with Gasteiger partial charge >= 0.3 is 0 Å². The van der Waals surface area contributed by atoms with Gasteiger partial charge in [-0.1, -0.05) is 0 Å². The molecule has 4 saturated heterocycles. The van der Waals surface area contributed by atoms with Crippen LogP contribution in [-0.4, -0.2) is 55.0 Å². The highest BCUT2D eigenvalue weighted by molar-refractivity contribution is 5.12. The molecule has 0 aromatic carbocycles. The van der Waals surface area contributed by atoms with Crippen LogP contribution in [0.15, 0.2) is 0 Å². The molecule has 0 aliphatic carbocycles. The molecule has 0 aromatic heterocycles. The topological polar surface area (TPSA) is 55.4 Å². The lowest BCUT2D eigenvalue weighted by Crippen LogP contribution is -2.61. The van der Waals surface area contributed by atoms with Crippen molar-refractivity contribution < 1.29 is 28.4 Å². The standard InChI is InChI=1S/C14H22O6/c1-12(2)16-7-8(18-12)9-14(5-6-15-14)10-11(17-9)20-13(3,4)19-10/h8-11H,5-7H2,1-4H3/t8-,9-,10+,11-,14+/m1/s1. The Kier molecular flexibility index (Phi) is 2.64. The molecule has 6 nitrogen and oxygen atoms in total. The highest BCUT2D eigenvalue weighted by atomic mass is 16.9. The molecule has 4 heterocycles. The van der Waals surface area contributed by atoms with Crippen molar-refractivity contribution >= 4 is 0 Å². The van der Waals surface area contributed by atoms with Gasteiger partial charge in [0.05, 0.1) is 13.2 Å². The molecule has 114 valence electrons. The fourth-order valence-electron chi connectivity index (χ4n) is 3.63. The van der Waals surface area contributed by atoms with Gasteiger partial charge in [0.1, 0.15) is 23.9 Å². The van der Waals surface area contributed by atoms with E-state index in [9.17, 15) is 0 Å². The first-order valence-corrected chi connectivity index (χ1v) is 7.28. The number of fused-ring (bicyclic) bond motifs is 2. The zero-order valence-electron chi connectivity index (χ0n) is 12.4. The van der Waals surface area contributed by atoms with Crippen molar-refractivity contribution in [3.63, 3.8) is 0 Å². The molecule has 4 fully saturated rings. The van der Waals surface area contributed by atoms with E-state index in [-0.39, 0.29) is 24.6 Å². The smallest absolute Gasteiger partial charge is 0.190 e. The molecule has 5 atom stereocenters. The van der Waals surface area contributed by atoms with E-state index in [0.717, 1.165) is 13.0 Å². The molecule has 20 heavy (non-hydrogen) atoms. The Morgan fingerprint density at radius 2 is 1.60 bits per heavy atom. The Labute approximate surface area is 118 Å². The van der Waals surface area contributed by atoms with Crippen LogP contribution in [0.2, 0.25) is 0 Å². The van der Waals surface area contributed by atoms with Crippen molar-refractivity contribution in [1.29, 1.82) is 0 Å². The zero-order chi connectivity index (χ0) is 14.2. The van der Waals surface area contributed by atoms with Crippen LogP contribution < -0.4 is 0 Å². The zero-order valence-corrected chi connectivity index (χ0v) is 12.4. The minimum absolute atomic E-state index is 0.147. The summed E-state index contributed by atoms with van der Waals surface area (Å²) in [4.78, 5) is 0. The summed E-state index contributed by atoms with van der Waals surface area (Å²) < 4.78 is 35.4. The largest absolute Gasteiger partial charge is 0.369 e. The van der Waals surface area contributed by atoms with Gasteiger partial charge in [0, 0.05) is 6.42 Å². The predicted octanol–water partition coefficient (Wildman–Crippen LogP) is 1.17. The predicted molar refractivity (Wildman–Crippen MR) is 66.9 cm³/mol. The Balaban J connectivity index is 1.58. The Bertz CT molecular complexity index is 416. The first kappa shape index (κ1) is 13.4. The molecular weight excluding hydrogens is 264 g/mol. The van der Waals surface area contributed by atoms with Gasteiger partial charge in [-0.15, -0.1) is 0 Å². The van der Waals surface area contributed by atoms with Crippen LogP contribution in [0.5, 0.6) is 0 Å². The second kappa shape index (κ2) is 3.94. The highest BCUT2D eigenvalue weighted by Gasteiger charge is 2.69. The Hall–Kier alpha value is -0.240. The normalized spacial score (nSPS) is 52.2. The quantitative estimate of drug-likeness (QED) is 0.721. The summed E-state index contributed by atoms with van der Waals surface area (Å²) in [6.45, 7) is 8.85. The summed E-state index contributed by atoms with van der Waals surface area (Å²) in [5.74, 6) is -1.20. The van der Waals surface area contributed by atoms with Gasteiger partial charge in [0.25, 0.3) is 0 Å². The van der Waals surface area contributed by atoms with E-state index in [4.69, 9.17) is 28.4 Å². The lowest BCUT2D eigenvalue weighted by Gasteiger charge is -2.46. The first-order chi connectivity index (χ1) is 9.31. The molecule has 0 N–H and O–H groups in total. The van der Waals surface area contributed by atoms with E-state index < -0.39 is 17.2 Å². The number of rotatable bonds is 1. The van der Waals surface area contributed by atoms with E-state index in [1.54, 1.807) is 0 Å². The fourth-order valence-corrected chi connectivity index (χ4v) is 3.63. The van der Waals surface area contributed by atoms with Crippen LogP contribution >= 0.6 is 0 Å². The molecule has 0 amide bonds. The van der Waals surface area contributed by atoms with E-state index in [1.165, 1.54) is 0 Å². The molecule has 0 unspecified atom stereocenters. The Morgan fingerprint density at radius 3 is 2.15 bits per heavy atom. The van der Waals surface area contributed by atoms with Crippen LogP contribution in [-0.2, 0) is 28.4 Å². The van der Waals surface area contributed by atoms with Crippen LogP contribution in [0.1, 0.15) is 34.1 Å². The molecule has 4 rings (SSSR count). The van der Waals surface area contributed by atoms with Crippen LogP contribution in [0.4, 0.5) is 0 Å². The summed E-state index contributed by atoms with van der Waals surface area (Å²) >= 11 is 0. The molecule has 0 saturated carbocycles. The van der Waals surface area contributed by atoms with Gasteiger partial charge in [-0.25, -0.2) is 0 Å². The minimum atomic E-state index is -0.626. The van der Waals surface area contributed by atoms with Gasteiger partial charge in [0.15, 0.2) is 17.9 Å². The first-order valence-electron chi connectivity index (χ1n) is 7.28. The average molecular weight is 286 g/mol. The monoisotopic (exact) mass is 286 g/mol. The van der Waals surface area contributed by atoms with E-state index >= 15 is 0 Å². The maximum absolute atomic E-state index is 6.08. The third-order valence-corrected chi connectivity index (χ3v) is 4.53. The maximum Gasteiger partial charge on any atom is 0.190 e. The molecule has 4 aliphatic rings. The van der Waals surface area contributed by atoms with E-state index in [2.05, 4.69) is 0 Å². The van der Waals surface area contributed by atoms with Crippen molar-refractivity contribution in [1.82, 2.24) is 0 Å². The van der Waals surface area contributed by atoms with Crippen LogP contribution in [0.25, 0.3) is 0 Å². The van der Waals surface area contributed by atoms with Crippen molar-refractivity contribution in [2.75, 3.05) is 13.2 Å². The molecule has 0 aromatic rings.